The molecule has 0 fully saturated rings. The van der Waals surface area contributed by atoms with Crippen molar-refractivity contribution in [2.45, 2.75) is 19.9 Å². The second kappa shape index (κ2) is 8.08. The Morgan fingerprint density at radius 3 is 2.13 bits per heavy atom. The van der Waals surface area contributed by atoms with Crippen molar-refractivity contribution < 1.29 is 14.0 Å². The number of rotatable bonds is 6. The minimum absolute atomic E-state index is 0.0775. The van der Waals surface area contributed by atoms with Gasteiger partial charge in [0, 0.05) is 6.54 Å². The topological polar surface area (TPSA) is 58.2 Å². The standard InChI is InChI=1S/C18H19FN2O2/c1-13-2-4-15(5-3-13)11-20-18(23)12-21-17(22)10-14-6-8-16(19)9-7-14/h2-9H,10-12H2,1H3,(H,20,23)(H,21,22). The summed E-state index contributed by atoms with van der Waals surface area (Å²) < 4.78 is 12.8. The number of aryl methyl sites for hydroxylation is 1. The Bertz CT molecular complexity index is 666. The van der Waals surface area contributed by atoms with Gasteiger partial charge >= 0.3 is 0 Å². The Labute approximate surface area is 134 Å². The zero-order chi connectivity index (χ0) is 16.7. The number of hydrogen-bond donors (Lipinski definition) is 2. The molecular formula is C18H19FN2O2. The quantitative estimate of drug-likeness (QED) is 0.858. The van der Waals surface area contributed by atoms with Crippen molar-refractivity contribution in [1.82, 2.24) is 10.6 Å². The zero-order valence-corrected chi connectivity index (χ0v) is 12.9. The van der Waals surface area contributed by atoms with Gasteiger partial charge in [-0.05, 0) is 30.2 Å². The summed E-state index contributed by atoms with van der Waals surface area (Å²) in [5, 5.41) is 5.29. The van der Waals surface area contributed by atoms with E-state index in [1.807, 2.05) is 31.2 Å². The molecule has 0 aliphatic heterocycles. The van der Waals surface area contributed by atoms with E-state index in [1.165, 1.54) is 12.1 Å². The van der Waals surface area contributed by atoms with Gasteiger partial charge in [-0.15, -0.1) is 0 Å². The van der Waals surface area contributed by atoms with Crippen LogP contribution >= 0.6 is 0 Å². The fraction of sp³-hybridized carbons (Fsp3) is 0.222. The molecule has 0 aliphatic rings. The zero-order valence-electron chi connectivity index (χ0n) is 12.9. The molecule has 0 aliphatic carbocycles. The second-order valence-corrected chi connectivity index (χ2v) is 5.34. The van der Waals surface area contributed by atoms with Gasteiger partial charge < -0.3 is 10.6 Å². The van der Waals surface area contributed by atoms with Crippen LogP contribution in [-0.4, -0.2) is 18.4 Å². The van der Waals surface area contributed by atoms with Gasteiger partial charge in [-0.3, -0.25) is 9.59 Å². The highest BCUT2D eigenvalue weighted by molar-refractivity contribution is 5.85. The molecule has 2 amide bonds. The van der Waals surface area contributed by atoms with E-state index in [4.69, 9.17) is 0 Å². The normalized spacial score (nSPS) is 10.2. The predicted molar refractivity (Wildman–Crippen MR) is 86.1 cm³/mol. The molecule has 0 saturated carbocycles. The minimum atomic E-state index is -0.343. The number of amides is 2. The van der Waals surface area contributed by atoms with E-state index in [0.717, 1.165) is 11.1 Å². The third-order valence-corrected chi connectivity index (χ3v) is 3.33. The van der Waals surface area contributed by atoms with Gasteiger partial charge in [0.1, 0.15) is 5.82 Å². The maximum Gasteiger partial charge on any atom is 0.239 e. The van der Waals surface area contributed by atoms with E-state index in [9.17, 15) is 14.0 Å². The first-order chi connectivity index (χ1) is 11.0. The van der Waals surface area contributed by atoms with Crippen LogP contribution in [0.15, 0.2) is 48.5 Å². The van der Waals surface area contributed by atoms with Gasteiger partial charge in [0.2, 0.25) is 11.8 Å². The van der Waals surface area contributed by atoms with Crippen molar-refractivity contribution in [2.75, 3.05) is 6.54 Å². The molecule has 4 nitrogen and oxygen atoms in total. The average Bonchev–Trinajstić information content (AvgIpc) is 2.54. The van der Waals surface area contributed by atoms with Gasteiger partial charge in [-0.1, -0.05) is 42.0 Å². The van der Waals surface area contributed by atoms with Crippen molar-refractivity contribution in [1.29, 1.82) is 0 Å². The third-order valence-electron chi connectivity index (χ3n) is 3.33. The molecule has 2 aromatic carbocycles. The molecule has 120 valence electrons. The summed E-state index contributed by atoms with van der Waals surface area (Å²) >= 11 is 0. The summed E-state index contributed by atoms with van der Waals surface area (Å²) in [6.45, 7) is 2.35. The van der Waals surface area contributed by atoms with E-state index in [1.54, 1.807) is 12.1 Å². The Hall–Kier alpha value is -2.69. The van der Waals surface area contributed by atoms with Crippen LogP contribution in [-0.2, 0) is 22.6 Å². The van der Waals surface area contributed by atoms with E-state index in [0.29, 0.717) is 12.1 Å². The van der Waals surface area contributed by atoms with Gasteiger partial charge in [0.05, 0.1) is 13.0 Å². The summed E-state index contributed by atoms with van der Waals surface area (Å²) in [5.41, 5.74) is 2.86. The fourth-order valence-corrected chi connectivity index (χ4v) is 2.00. The maximum atomic E-state index is 12.8. The van der Waals surface area contributed by atoms with E-state index in [-0.39, 0.29) is 30.6 Å². The second-order valence-electron chi connectivity index (χ2n) is 5.34. The van der Waals surface area contributed by atoms with Crippen LogP contribution in [0.2, 0.25) is 0 Å². The molecule has 0 radical (unpaired) electrons. The van der Waals surface area contributed by atoms with Crippen LogP contribution in [0.5, 0.6) is 0 Å². The third kappa shape index (κ3) is 5.90. The minimum Gasteiger partial charge on any atom is -0.350 e. The van der Waals surface area contributed by atoms with Crippen molar-refractivity contribution in [3.05, 3.63) is 71.0 Å². The lowest BCUT2D eigenvalue weighted by Crippen LogP contribution is -2.37. The lowest BCUT2D eigenvalue weighted by molar-refractivity contribution is -0.125. The number of carbonyl (C=O) groups excluding carboxylic acids is 2. The summed E-state index contributed by atoms with van der Waals surface area (Å²) in [6.07, 6.45) is 0.117. The summed E-state index contributed by atoms with van der Waals surface area (Å²) in [5.74, 6) is -0.871. The fourth-order valence-electron chi connectivity index (χ4n) is 2.00. The molecule has 2 N–H and O–H groups in total. The number of benzene rings is 2. The van der Waals surface area contributed by atoms with Gasteiger partial charge in [-0.25, -0.2) is 4.39 Å². The van der Waals surface area contributed by atoms with Crippen LogP contribution in [0.1, 0.15) is 16.7 Å². The Morgan fingerprint density at radius 2 is 1.48 bits per heavy atom. The van der Waals surface area contributed by atoms with Crippen LogP contribution in [0.4, 0.5) is 4.39 Å². The number of hydrogen-bond acceptors (Lipinski definition) is 2. The van der Waals surface area contributed by atoms with Crippen LogP contribution in [0.25, 0.3) is 0 Å². The van der Waals surface area contributed by atoms with E-state index >= 15 is 0 Å². The van der Waals surface area contributed by atoms with Crippen molar-refractivity contribution in [3.8, 4) is 0 Å². The molecule has 0 bridgehead atoms. The first-order valence-electron chi connectivity index (χ1n) is 7.36. The van der Waals surface area contributed by atoms with E-state index in [2.05, 4.69) is 10.6 Å². The lowest BCUT2D eigenvalue weighted by atomic mass is 10.1. The molecule has 0 saturated heterocycles. The number of nitrogens with one attached hydrogen (secondary N) is 2. The number of carbonyl (C=O) groups is 2. The highest BCUT2D eigenvalue weighted by Gasteiger charge is 2.06. The van der Waals surface area contributed by atoms with Crippen LogP contribution < -0.4 is 10.6 Å². The molecule has 0 unspecified atom stereocenters. The Morgan fingerprint density at radius 1 is 0.870 bits per heavy atom. The molecule has 0 atom stereocenters. The molecular weight excluding hydrogens is 295 g/mol. The van der Waals surface area contributed by atoms with Gasteiger partial charge in [-0.2, -0.15) is 0 Å². The van der Waals surface area contributed by atoms with Crippen LogP contribution in [0, 0.1) is 12.7 Å². The summed E-state index contributed by atoms with van der Waals surface area (Å²) in [4.78, 5) is 23.4. The molecule has 2 aromatic rings. The summed E-state index contributed by atoms with van der Waals surface area (Å²) in [6, 6.07) is 13.6. The molecule has 23 heavy (non-hydrogen) atoms. The highest BCUT2D eigenvalue weighted by atomic mass is 19.1. The van der Waals surface area contributed by atoms with E-state index < -0.39 is 0 Å². The largest absolute Gasteiger partial charge is 0.350 e. The molecule has 5 heteroatoms. The first-order valence-corrected chi connectivity index (χ1v) is 7.36. The monoisotopic (exact) mass is 314 g/mol. The molecule has 2 rings (SSSR count). The summed E-state index contributed by atoms with van der Waals surface area (Å²) in [7, 11) is 0. The first kappa shape index (κ1) is 16.7. The van der Waals surface area contributed by atoms with Crippen molar-refractivity contribution >= 4 is 11.8 Å². The predicted octanol–water partition coefficient (Wildman–Crippen LogP) is 2.11. The molecule has 0 heterocycles. The SMILES string of the molecule is Cc1ccc(CNC(=O)CNC(=O)Cc2ccc(F)cc2)cc1. The van der Waals surface area contributed by atoms with Gasteiger partial charge in [0.15, 0.2) is 0 Å². The lowest BCUT2D eigenvalue weighted by Gasteiger charge is -2.07. The van der Waals surface area contributed by atoms with Gasteiger partial charge in [0.25, 0.3) is 0 Å². The van der Waals surface area contributed by atoms with Crippen molar-refractivity contribution in [2.24, 2.45) is 0 Å². The Kier molecular flexibility index (Phi) is 5.86. The number of halogens is 1. The maximum absolute atomic E-state index is 12.8. The Balaban J connectivity index is 1.70. The highest BCUT2D eigenvalue weighted by Crippen LogP contribution is 2.03. The molecule has 0 spiro atoms. The smallest absolute Gasteiger partial charge is 0.239 e. The van der Waals surface area contributed by atoms with Crippen molar-refractivity contribution in [3.63, 3.8) is 0 Å². The van der Waals surface area contributed by atoms with Crippen LogP contribution in [0.3, 0.4) is 0 Å². The average molecular weight is 314 g/mol. The molecule has 0 aromatic heterocycles.